The van der Waals surface area contributed by atoms with Crippen LogP contribution in [0.4, 0.5) is 13.2 Å². The molecular weight excluding hydrogens is 229 g/mol. The first-order chi connectivity index (χ1) is 7.22. The molecule has 0 fully saturated rings. The lowest BCUT2D eigenvalue weighted by molar-refractivity contribution is -0.138. The van der Waals surface area contributed by atoms with E-state index in [-0.39, 0.29) is 13.0 Å². The molecular formula is C8H13F3N2O3. The molecule has 2 N–H and O–H groups in total. The number of hydrogen-bond donors (Lipinski definition) is 2. The zero-order chi connectivity index (χ0) is 12.8. The summed E-state index contributed by atoms with van der Waals surface area (Å²) >= 11 is 0. The highest BCUT2D eigenvalue weighted by molar-refractivity contribution is 5.78. The molecule has 5 nitrogen and oxygen atoms in total. The molecule has 0 aliphatic carbocycles. The molecule has 94 valence electrons. The number of carbonyl (C=O) groups is 2. The number of aliphatic carboxylic acids is 1. The molecule has 0 heterocycles. The molecule has 0 radical (unpaired) electrons. The summed E-state index contributed by atoms with van der Waals surface area (Å²) in [7, 11) is 1.33. The van der Waals surface area contributed by atoms with Crippen LogP contribution in [0, 0.1) is 0 Å². The van der Waals surface area contributed by atoms with E-state index in [2.05, 4.69) is 0 Å². The van der Waals surface area contributed by atoms with Crippen LogP contribution >= 0.6 is 0 Å². The fourth-order valence-electron chi connectivity index (χ4n) is 0.834. The van der Waals surface area contributed by atoms with Gasteiger partial charge in [-0.1, -0.05) is 0 Å². The van der Waals surface area contributed by atoms with Crippen LogP contribution in [0.3, 0.4) is 0 Å². The summed E-state index contributed by atoms with van der Waals surface area (Å²) in [6, 6.07) is 0. The Morgan fingerprint density at radius 3 is 2.38 bits per heavy atom. The number of amides is 1. The average molecular weight is 242 g/mol. The van der Waals surface area contributed by atoms with Gasteiger partial charge in [-0.15, -0.1) is 0 Å². The molecule has 0 rings (SSSR count). The Balaban J connectivity index is 3.75. The predicted molar refractivity (Wildman–Crippen MR) is 48.8 cm³/mol. The smallest absolute Gasteiger partial charge is 0.401 e. The topological polar surface area (TPSA) is 69.6 Å². The van der Waals surface area contributed by atoms with Crippen LogP contribution in [0.5, 0.6) is 0 Å². The zero-order valence-electron chi connectivity index (χ0n) is 8.67. The molecule has 0 saturated heterocycles. The van der Waals surface area contributed by atoms with Gasteiger partial charge in [-0.3, -0.25) is 9.59 Å². The molecule has 0 atom stereocenters. The minimum absolute atomic E-state index is 0.0259. The SMILES string of the molecule is CN(CCC(=O)O)C(=O)CNCC(F)(F)F. The van der Waals surface area contributed by atoms with Crippen molar-refractivity contribution in [3.63, 3.8) is 0 Å². The van der Waals surface area contributed by atoms with Crippen molar-refractivity contribution < 1.29 is 27.9 Å². The van der Waals surface area contributed by atoms with E-state index in [0.29, 0.717) is 0 Å². The average Bonchev–Trinajstić information content (AvgIpc) is 2.11. The van der Waals surface area contributed by atoms with Crippen LogP contribution in [-0.4, -0.2) is 54.7 Å². The van der Waals surface area contributed by atoms with Crippen LogP contribution in [0.2, 0.25) is 0 Å². The van der Waals surface area contributed by atoms with Crippen LogP contribution < -0.4 is 5.32 Å². The second-order valence-electron chi connectivity index (χ2n) is 3.18. The van der Waals surface area contributed by atoms with E-state index in [9.17, 15) is 22.8 Å². The summed E-state index contributed by atoms with van der Waals surface area (Å²) in [6.07, 6.45) is -4.60. The van der Waals surface area contributed by atoms with Gasteiger partial charge in [0, 0.05) is 13.6 Å². The van der Waals surface area contributed by atoms with E-state index in [1.807, 2.05) is 5.32 Å². The zero-order valence-corrected chi connectivity index (χ0v) is 8.67. The first-order valence-corrected chi connectivity index (χ1v) is 4.45. The first kappa shape index (κ1) is 14.7. The van der Waals surface area contributed by atoms with Crippen LogP contribution in [0.15, 0.2) is 0 Å². The van der Waals surface area contributed by atoms with Gasteiger partial charge in [0.05, 0.1) is 19.5 Å². The minimum Gasteiger partial charge on any atom is -0.481 e. The molecule has 8 heteroatoms. The maximum atomic E-state index is 11.7. The Labute approximate surface area is 90.2 Å². The normalized spacial score (nSPS) is 11.2. The Kier molecular flexibility index (Phi) is 5.79. The van der Waals surface area contributed by atoms with Gasteiger partial charge in [0.25, 0.3) is 0 Å². The number of rotatable bonds is 6. The molecule has 16 heavy (non-hydrogen) atoms. The third-order valence-electron chi connectivity index (χ3n) is 1.69. The van der Waals surface area contributed by atoms with Crippen molar-refractivity contribution >= 4 is 11.9 Å². The second kappa shape index (κ2) is 6.31. The Morgan fingerprint density at radius 1 is 1.38 bits per heavy atom. The number of nitrogens with one attached hydrogen (secondary N) is 1. The molecule has 0 aliphatic rings. The van der Waals surface area contributed by atoms with Crippen molar-refractivity contribution in [3.05, 3.63) is 0 Å². The first-order valence-electron chi connectivity index (χ1n) is 4.45. The third kappa shape index (κ3) is 8.04. The quantitative estimate of drug-likeness (QED) is 0.691. The van der Waals surface area contributed by atoms with Crippen LogP contribution in [0.1, 0.15) is 6.42 Å². The maximum absolute atomic E-state index is 11.7. The molecule has 0 aromatic heterocycles. The van der Waals surface area contributed by atoms with E-state index in [4.69, 9.17) is 5.11 Å². The summed E-state index contributed by atoms with van der Waals surface area (Å²) < 4.78 is 35.1. The van der Waals surface area contributed by atoms with Gasteiger partial charge >= 0.3 is 12.1 Å². The number of halogens is 3. The lowest BCUT2D eigenvalue weighted by atomic mass is 10.4. The van der Waals surface area contributed by atoms with Crippen molar-refractivity contribution in [1.29, 1.82) is 0 Å². The predicted octanol–water partition coefficient (Wildman–Crippen LogP) is 0.0714. The van der Waals surface area contributed by atoms with Crippen LogP contribution in [-0.2, 0) is 9.59 Å². The van der Waals surface area contributed by atoms with Crippen molar-refractivity contribution in [3.8, 4) is 0 Å². The standard InChI is InChI=1S/C8H13F3N2O3/c1-13(3-2-7(15)16)6(14)4-12-5-8(9,10)11/h12H,2-5H2,1H3,(H,15,16). The van der Waals surface area contributed by atoms with Crippen molar-refractivity contribution in [2.24, 2.45) is 0 Å². The van der Waals surface area contributed by atoms with Crippen molar-refractivity contribution in [2.45, 2.75) is 12.6 Å². The molecule has 0 aliphatic heterocycles. The van der Waals surface area contributed by atoms with E-state index in [1.54, 1.807) is 0 Å². The van der Waals surface area contributed by atoms with E-state index < -0.39 is 31.1 Å². The summed E-state index contributed by atoms with van der Waals surface area (Å²) in [6.45, 7) is -1.73. The number of carboxylic acids is 1. The number of hydrogen-bond acceptors (Lipinski definition) is 3. The number of carbonyl (C=O) groups excluding carboxylic acids is 1. The van der Waals surface area contributed by atoms with Gasteiger partial charge in [-0.2, -0.15) is 13.2 Å². The molecule has 0 spiro atoms. The van der Waals surface area contributed by atoms with E-state index in [1.165, 1.54) is 7.05 Å². The number of nitrogens with zero attached hydrogens (tertiary/aromatic N) is 1. The molecule has 1 amide bonds. The monoisotopic (exact) mass is 242 g/mol. The van der Waals surface area contributed by atoms with E-state index in [0.717, 1.165) is 4.90 Å². The Morgan fingerprint density at radius 2 is 1.94 bits per heavy atom. The maximum Gasteiger partial charge on any atom is 0.401 e. The van der Waals surface area contributed by atoms with Gasteiger partial charge in [0.15, 0.2) is 0 Å². The molecule has 0 saturated carbocycles. The molecule has 0 unspecified atom stereocenters. The number of carboxylic acid groups (broad SMARTS) is 1. The molecule has 0 aromatic carbocycles. The summed E-state index contributed by atoms with van der Waals surface area (Å²) in [5.74, 6) is -1.64. The Hall–Kier alpha value is -1.31. The second-order valence-corrected chi connectivity index (χ2v) is 3.18. The summed E-state index contributed by atoms with van der Waals surface area (Å²) in [4.78, 5) is 22.4. The number of likely N-dealkylation sites (N-methyl/N-ethyl adjacent to an activating group) is 1. The van der Waals surface area contributed by atoms with Gasteiger partial charge in [0.1, 0.15) is 0 Å². The third-order valence-corrected chi connectivity index (χ3v) is 1.69. The summed E-state index contributed by atoms with van der Waals surface area (Å²) in [5.41, 5.74) is 0. The fraction of sp³-hybridized carbons (Fsp3) is 0.750. The lowest BCUT2D eigenvalue weighted by Gasteiger charge is -2.16. The van der Waals surface area contributed by atoms with Crippen LogP contribution in [0.25, 0.3) is 0 Å². The Bertz CT molecular complexity index is 255. The van der Waals surface area contributed by atoms with Crippen molar-refractivity contribution in [2.75, 3.05) is 26.7 Å². The highest BCUT2D eigenvalue weighted by Gasteiger charge is 2.26. The minimum atomic E-state index is -4.36. The number of alkyl halides is 3. The molecule has 0 bridgehead atoms. The highest BCUT2D eigenvalue weighted by atomic mass is 19.4. The van der Waals surface area contributed by atoms with Crippen molar-refractivity contribution in [1.82, 2.24) is 10.2 Å². The molecule has 0 aromatic rings. The highest BCUT2D eigenvalue weighted by Crippen LogP contribution is 2.11. The van der Waals surface area contributed by atoms with Gasteiger partial charge in [-0.25, -0.2) is 0 Å². The fourth-order valence-corrected chi connectivity index (χ4v) is 0.834. The van der Waals surface area contributed by atoms with Gasteiger partial charge in [-0.05, 0) is 0 Å². The largest absolute Gasteiger partial charge is 0.481 e. The summed E-state index contributed by atoms with van der Waals surface area (Å²) in [5, 5.41) is 10.3. The van der Waals surface area contributed by atoms with Gasteiger partial charge < -0.3 is 15.3 Å². The van der Waals surface area contributed by atoms with E-state index >= 15 is 0 Å². The van der Waals surface area contributed by atoms with Gasteiger partial charge in [0.2, 0.25) is 5.91 Å². The lowest BCUT2D eigenvalue weighted by Crippen LogP contribution is -2.39.